The van der Waals surface area contributed by atoms with E-state index in [-0.39, 0.29) is 23.3 Å². The van der Waals surface area contributed by atoms with E-state index in [9.17, 15) is 14.9 Å². The summed E-state index contributed by atoms with van der Waals surface area (Å²) in [5.41, 5.74) is 2.55. The Kier molecular flexibility index (Phi) is 8.98. The Morgan fingerprint density at radius 1 is 1.18 bits per heavy atom. The smallest absolute Gasteiger partial charge is 0.349 e. The van der Waals surface area contributed by atoms with Crippen molar-refractivity contribution < 1.29 is 23.8 Å². The Labute approximate surface area is 193 Å². The highest BCUT2D eigenvalue weighted by molar-refractivity contribution is 6.00. The van der Waals surface area contributed by atoms with E-state index in [2.05, 4.69) is 33.7 Å². The zero-order chi connectivity index (χ0) is 24.5. The summed E-state index contributed by atoms with van der Waals surface area (Å²) in [4.78, 5) is 32.5. The number of amides is 1. The van der Waals surface area contributed by atoms with Crippen molar-refractivity contribution in [1.82, 2.24) is 14.5 Å². The van der Waals surface area contributed by atoms with Crippen LogP contribution < -0.4 is 14.8 Å². The van der Waals surface area contributed by atoms with Crippen LogP contribution in [0.1, 0.15) is 37.2 Å². The maximum atomic E-state index is 12.4. The molecule has 2 heterocycles. The maximum absolute atomic E-state index is 12.4. The highest BCUT2D eigenvalue weighted by Gasteiger charge is 2.17. The normalized spacial score (nSPS) is 11.2. The van der Waals surface area contributed by atoms with Gasteiger partial charge in [-0.25, -0.2) is 4.79 Å². The zero-order valence-corrected chi connectivity index (χ0v) is 19.8. The van der Waals surface area contributed by atoms with Crippen LogP contribution in [0.5, 0.6) is 11.8 Å². The minimum Gasteiger partial charge on any atom is -0.481 e. The predicted molar refractivity (Wildman–Crippen MR) is 122 cm³/mol. The van der Waals surface area contributed by atoms with Crippen molar-refractivity contribution in [2.75, 3.05) is 26.1 Å². The van der Waals surface area contributed by atoms with Crippen LogP contribution in [0.4, 0.5) is 5.95 Å². The predicted octanol–water partition coefficient (Wildman–Crippen LogP) is 3.05. The Balaban J connectivity index is 2.05. The fourth-order valence-electron chi connectivity index (χ4n) is 3.04. The van der Waals surface area contributed by atoms with Crippen molar-refractivity contribution in [2.45, 2.75) is 40.7 Å². The van der Waals surface area contributed by atoms with Crippen LogP contribution in [-0.2, 0) is 20.9 Å². The van der Waals surface area contributed by atoms with Crippen LogP contribution >= 0.6 is 0 Å². The Hall–Kier alpha value is -3.87. The van der Waals surface area contributed by atoms with E-state index in [4.69, 9.17) is 14.2 Å². The molecule has 1 N–H and O–H groups in total. The number of aryl methyl sites for hydroxylation is 1. The molecule has 0 aliphatic rings. The zero-order valence-electron chi connectivity index (χ0n) is 19.8. The van der Waals surface area contributed by atoms with Gasteiger partial charge in [0.25, 0.3) is 5.91 Å². The van der Waals surface area contributed by atoms with Gasteiger partial charge in [0.15, 0.2) is 6.61 Å². The number of rotatable bonds is 10. The standard InChI is InChI=1S/C23H29N5O5/c1-14(2)7-8-28-15(3)9-17(16(28)4)10-18(12-24)22(30)33-13-19(29)25-23-26-20(31-5)11-21(27-23)32-6/h9-11,14H,7-8,13H2,1-6H3,(H,25,26,27,29)/b18-10+. The molecule has 0 fully saturated rings. The van der Waals surface area contributed by atoms with Crippen LogP contribution in [0.3, 0.4) is 0 Å². The van der Waals surface area contributed by atoms with Gasteiger partial charge in [0.1, 0.15) is 11.6 Å². The Morgan fingerprint density at radius 3 is 2.36 bits per heavy atom. The molecule has 2 rings (SSSR count). The Morgan fingerprint density at radius 2 is 1.82 bits per heavy atom. The SMILES string of the molecule is COc1cc(OC)nc(NC(=O)COC(=O)/C(C#N)=C/c2cc(C)n(CCC(C)C)c2C)n1. The average molecular weight is 456 g/mol. The van der Waals surface area contributed by atoms with E-state index in [1.54, 1.807) is 0 Å². The summed E-state index contributed by atoms with van der Waals surface area (Å²) in [6, 6.07) is 5.21. The van der Waals surface area contributed by atoms with Gasteiger partial charge in [0.05, 0.1) is 20.3 Å². The molecule has 176 valence electrons. The summed E-state index contributed by atoms with van der Waals surface area (Å²) < 4.78 is 17.2. The molecule has 0 atom stereocenters. The number of carbonyl (C=O) groups excluding carboxylic acids is 2. The summed E-state index contributed by atoms with van der Waals surface area (Å²) in [5.74, 6) is -0.710. The monoisotopic (exact) mass is 455 g/mol. The van der Waals surface area contributed by atoms with E-state index in [1.165, 1.54) is 26.4 Å². The van der Waals surface area contributed by atoms with E-state index >= 15 is 0 Å². The number of carbonyl (C=O) groups is 2. The number of anilines is 1. The average Bonchev–Trinajstić information content (AvgIpc) is 3.05. The Bertz CT molecular complexity index is 1060. The van der Waals surface area contributed by atoms with Crippen LogP contribution in [0, 0.1) is 31.1 Å². The molecule has 0 unspecified atom stereocenters. The van der Waals surface area contributed by atoms with Gasteiger partial charge in [-0.05, 0) is 43.9 Å². The van der Waals surface area contributed by atoms with E-state index < -0.39 is 18.5 Å². The number of ether oxygens (including phenoxy) is 3. The van der Waals surface area contributed by atoms with Gasteiger partial charge in [-0.2, -0.15) is 15.2 Å². The van der Waals surface area contributed by atoms with E-state index in [0.29, 0.717) is 5.92 Å². The number of nitrogens with zero attached hydrogens (tertiary/aromatic N) is 4. The van der Waals surface area contributed by atoms with Gasteiger partial charge in [0, 0.05) is 17.9 Å². The third kappa shape index (κ3) is 7.07. The lowest BCUT2D eigenvalue weighted by Crippen LogP contribution is -2.22. The number of methoxy groups -OCH3 is 2. The molecule has 1 amide bonds. The molecule has 2 aromatic rings. The highest BCUT2D eigenvalue weighted by Crippen LogP contribution is 2.20. The van der Waals surface area contributed by atoms with Crippen LogP contribution in [0.2, 0.25) is 0 Å². The highest BCUT2D eigenvalue weighted by atomic mass is 16.5. The van der Waals surface area contributed by atoms with Crippen LogP contribution in [-0.4, -0.2) is 47.2 Å². The first-order valence-electron chi connectivity index (χ1n) is 10.4. The van der Waals surface area contributed by atoms with Gasteiger partial charge in [-0.15, -0.1) is 0 Å². The lowest BCUT2D eigenvalue weighted by atomic mass is 10.1. The number of nitriles is 1. The lowest BCUT2D eigenvalue weighted by Gasteiger charge is -2.11. The third-order valence-corrected chi connectivity index (χ3v) is 4.87. The largest absolute Gasteiger partial charge is 0.481 e. The number of aromatic nitrogens is 3. The first kappa shape index (κ1) is 25.4. The van der Waals surface area contributed by atoms with Crippen molar-refractivity contribution in [3.05, 3.63) is 34.7 Å². The van der Waals surface area contributed by atoms with Gasteiger partial charge in [-0.1, -0.05) is 13.8 Å². The van der Waals surface area contributed by atoms with Crippen molar-refractivity contribution in [2.24, 2.45) is 5.92 Å². The quantitative estimate of drug-likeness (QED) is 0.329. The number of nitrogens with one attached hydrogen (secondary N) is 1. The fourth-order valence-corrected chi connectivity index (χ4v) is 3.04. The molecule has 0 saturated carbocycles. The molecule has 0 bridgehead atoms. The second-order valence-electron chi connectivity index (χ2n) is 7.73. The summed E-state index contributed by atoms with van der Waals surface area (Å²) in [7, 11) is 2.82. The van der Waals surface area contributed by atoms with Gasteiger partial charge in [0.2, 0.25) is 17.7 Å². The first-order chi connectivity index (χ1) is 15.7. The van der Waals surface area contributed by atoms with Crippen molar-refractivity contribution >= 4 is 23.9 Å². The van der Waals surface area contributed by atoms with Crippen molar-refractivity contribution in [1.29, 1.82) is 5.26 Å². The van der Waals surface area contributed by atoms with E-state index in [0.717, 1.165) is 29.9 Å². The molecule has 33 heavy (non-hydrogen) atoms. The minimum atomic E-state index is -0.899. The molecule has 0 radical (unpaired) electrons. The van der Waals surface area contributed by atoms with Crippen LogP contribution in [0.15, 0.2) is 17.7 Å². The lowest BCUT2D eigenvalue weighted by molar-refractivity contribution is -0.142. The molecule has 0 spiro atoms. The molecule has 2 aromatic heterocycles. The van der Waals surface area contributed by atoms with Crippen molar-refractivity contribution in [3.63, 3.8) is 0 Å². The molecule has 0 aliphatic carbocycles. The molecular formula is C23H29N5O5. The van der Waals surface area contributed by atoms with Gasteiger partial charge >= 0.3 is 5.97 Å². The number of hydrogen-bond acceptors (Lipinski definition) is 8. The molecule has 0 saturated heterocycles. The topological polar surface area (TPSA) is 128 Å². The van der Waals surface area contributed by atoms with Crippen molar-refractivity contribution in [3.8, 4) is 17.8 Å². The van der Waals surface area contributed by atoms with E-state index in [1.807, 2.05) is 26.0 Å². The third-order valence-electron chi connectivity index (χ3n) is 4.87. The molecule has 10 nitrogen and oxygen atoms in total. The fraction of sp³-hybridized carbons (Fsp3) is 0.435. The second kappa shape index (κ2) is 11.7. The summed E-state index contributed by atoms with van der Waals surface area (Å²) in [6.07, 6.45) is 2.50. The molecular weight excluding hydrogens is 426 g/mol. The summed E-state index contributed by atoms with van der Waals surface area (Å²) >= 11 is 0. The first-order valence-corrected chi connectivity index (χ1v) is 10.4. The summed E-state index contributed by atoms with van der Waals surface area (Å²) in [6.45, 7) is 8.48. The van der Waals surface area contributed by atoms with Gasteiger partial charge in [-0.3, -0.25) is 10.1 Å². The molecule has 0 aromatic carbocycles. The molecule has 10 heteroatoms. The maximum Gasteiger partial charge on any atom is 0.349 e. The van der Waals surface area contributed by atoms with Crippen LogP contribution in [0.25, 0.3) is 6.08 Å². The minimum absolute atomic E-state index is 0.0721. The number of hydrogen-bond donors (Lipinski definition) is 1. The van der Waals surface area contributed by atoms with Gasteiger partial charge < -0.3 is 18.8 Å². The second-order valence-corrected chi connectivity index (χ2v) is 7.73. The number of esters is 1. The summed E-state index contributed by atoms with van der Waals surface area (Å²) in [5, 5.41) is 11.8. The molecule has 0 aliphatic heterocycles.